The van der Waals surface area contributed by atoms with Crippen LogP contribution in [-0.4, -0.2) is 60.3 Å². The average molecular weight is 585 g/mol. The van der Waals surface area contributed by atoms with Crippen LogP contribution >= 0.6 is 11.6 Å². The van der Waals surface area contributed by atoms with Crippen LogP contribution in [0, 0.1) is 5.82 Å². The molecule has 1 saturated heterocycles. The third kappa shape index (κ3) is 6.60. The Morgan fingerprint density at radius 1 is 1.00 bits per heavy atom. The van der Waals surface area contributed by atoms with E-state index in [0.717, 1.165) is 43.8 Å². The highest BCUT2D eigenvalue weighted by atomic mass is 35.5. The van der Waals surface area contributed by atoms with Gasteiger partial charge < -0.3 is 19.1 Å². The van der Waals surface area contributed by atoms with Crippen molar-refractivity contribution in [2.45, 2.75) is 77.0 Å². The summed E-state index contributed by atoms with van der Waals surface area (Å²) in [5, 5.41) is 8.99. The van der Waals surface area contributed by atoms with Crippen molar-refractivity contribution in [3.8, 4) is 22.8 Å². The maximum Gasteiger partial charge on any atom is 0.188 e. The third-order valence-corrected chi connectivity index (χ3v) is 9.16. The molecule has 0 N–H and O–H groups in total. The normalized spacial score (nSPS) is 22.9. The Bertz CT molecular complexity index is 1290. The number of nitrogens with zero attached hydrogens (tertiary/aromatic N) is 4. The van der Waals surface area contributed by atoms with E-state index in [4.69, 9.17) is 25.8 Å². The second-order valence-electron chi connectivity index (χ2n) is 11.4. The molecule has 0 saturated carbocycles. The summed E-state index contributed by atoms with van der Waals surface area (Å²) < 4.78 is 30.4. The molecule has 0 bridgehead atoms. The fourth-order valence-corrected chi connectivity index (χ4v) is 6.17. The van der Waals surface area contributed by atoms with Crippen LogP contribution in [-0.2, 0) is 11.3 Å². The number of piperidine rings is 1. The van der Waals surface area contributed by atoms with Crippen molar-refractivity contribution < 1.29 is 18.6 Å². The summed E-state index contributed by atoms with van der Waals surface area (Å²) >= 11 is 6.00. The molecule has 0 amide bonds. The Balaban J connectivity index is 1.58. The fourth-order valence-electron chi connectivity index (χ4n) is 6.01. The van der Waals surface area contributed by atoms with Crippen LogP contribution in [0.4, 0.5) is 10.2 Å². The molecule has 2 aromatic carbocycles. The zero-order valence-electron chi connectivity index (χ0n) is 25.2. The SMILES string of the molecule is CC[C@@]1(C)CC(N(C)c2ccc(-c3cc(F)c(Cl)cc3OCOC)nn2)C[C@@](C)(CC)N1Cc1ccc(OC)cc1. The summed E-state index contributed by atoms with van der Waals surface area (Å²) in [7, 11) is 5.31. The maximum absolute atomic E-state index is 14.3. The highest BCUT2D eigenvalue weighted by molar-refractivity contribution is 6.31. The van der Waals surface area contributed by atoms with Gasteiger partial charge in [0.1, 0.15) is 17.3 Å². The number of methoxy groups -OCH3 is 2. The number of likely N-dealkylation sites (tertiary alicyclic amines) is 1. The summed E-state index contributed by atoms with van der Waals surface area (Å²) in [6.07, 6.45) is 4.04. The topological polar surface area (TPSA) is 60.0 Å². The van der Waals surface area contributed by atoms with Crippen molar-refractivity contribution in [3.63, 3.8) is 0 Å². The zero-order valence-corrected chi connectivity index (χ0v) is 26.0. The highest BCUT2D eigenvalue weighted by Crippen LogP contribution is 2.45. The molecule has 1 aliphatic heterocycles. The van der Waals surface area contributed by atoms with Gasteiger partial charge in [-0.2, -0.15) is 0 Å². The Labute approximate surface area is 248 Å². The average Bonchev–Trinajstić information content (AvgIpc) is 2.99. The van der Waals surface area contributed by atoms with Crippen LogP contribution in [0.2, 0.25) is 5.02 Å². The molecule has 1 aliphatic rings. The van der Waals surface area contributed by atoms with Crippen LogP contribution in [0.5, 0.6) is 11.5 Å². The molecule has 41 heavy (non-hydrogen) atoms. The van der Waals surface area contributed by atoms with E-state index in [-0.39, 0.29) is 28.9 Å². The predicted octanol–water partition coefficient (Wildman–Crippen LogP) is 7.37. The first kappa shape index (κ1) is 31.0. The first-order chi connectivity index (χ1) is 19.6. The van der Waals surface area contributed by atoms with E-state index in [1.54, 1.807) is 7.11 Å². The lowest BCUT2D eigenvalue weighted by Crippen LogP contribution is -2.65. The molecule has 4 rings (SSSR count). The van der Waals surface area contributed by atoms with Crippen molar-refractivity contribution >= 4 is 17.4 Å². The molecule has 0 spiro atoms. The molecule has 3 aromatic rings. The first-order valence-electron chi connectivity index (χ1n) is 14.2. The summed E-state index contributed by atoms with van der Waals surface area (Å²) in [5.41, 5.74) is 2.23. The van der Waals surface area contributed by atoms with Crippen LogP contribution < -0.4 is 14.4 Å². The quantitative estimate of drug-likeness (QED) is 0.218. The monoisotopic (exact) mass is 584 g/mol. The summed E-state index contributed by atoms with van der Waals surface area (Å²) in [6, 6.07) is 15.2. The van der Waals surface area contributed by atoms with Gasteiger partial charge in [0.05, 0.1) is 17.8 Å². The predicted molar refractivity (Wildman–Crippen MR) is 162 cm³/mol. The van der Waals surface area contributed by atoms with Crippen molar-refractivity contribution in [2.24, 2.45) is 0 Å². The van der Waals surface area contributed by atoms with Gasteiger partial charge >= 0.3 is 0 Å². The van der Waals surface area contributed by atoms with E-state index < -0.39 is 5.82 Å². The number of hydrogen-bond donors (Lipinski definition) is 0. The van der Waals surface area contributed by atoms with Gasteiger partial charge in [-0.15, -0.1) is 10.2 Å². The van der Waals surface area contributed by atoms with E-state index in [1.165, 1.54) is 24.8 Å². The smallest absolute Gasteiger partial charge is 0.188 e. The van der Waals surface area contributed by atoms with Gasteiger partial charge in [0, 0.05) is 49.5 Å². The second kappa shape index (κ2) is 12.9. The molecular formula is C32H42ClFN4O3. The van der Waals surface area contributed by atoms with Gasteiger partial charge in [-0.25, -0.2) is 4.39 Å². The molecular weight excluding hydrogens is 543 g/mol. The molecule has 2 heterocycles. The minimum Gasteiger partial charge on any atom is -0.497 e. The van der Waals surface area contributed by atoms with Gasteiger partial charge in [0.25, 0.3) is 0 Å². The molecule has 1 fully saturated rings. The lowest BCUT2D eigenvalue weighted by molar-refractivity contribution is -0.0659. The molecule has 9 heteroatoms. The summed E-state index contributed by atoms with van der Waals surface area (Å²) in [6.45, 7) is 10.2. The maximum atomic E-state index is 14.3. The van der Waals surface area contributed by atoms with E-state index in [0.29, 0.717) is 17.0 Å². The number of benzene rings is 2. The number of hydrogen-bond acceptors (Lipinski definition) is 7. The van der Waals surface area contributed by atoms with Gasteiger partial charge in [-0.1, -0.05) is 37.6 Å². The van der Waals surface area contributed by atoms with Gasteiger partial charge in [-0.05, 0) is 75.4 Å². The minimum absolute atomic E-state index is 0.00671. The Morgan fingerprint density at radius 3 is 2.20 bits per heavy atom. The Morgan fingerprint density at radius 2 is 1.66 bits per heavy atom. The second-order valence-corrected chi connectivity index (χ2v) is 11.8. The van der Waals surface area contributed by atoms with Gasteiger partial charge in [-0.3, -0.25) is 4.90 Å². The highest BCUT2D eigenvalue weighted by Gasteiger charge is 2.49. The molecule has 0 radical (unpaired) electrons. The Kier molecular flexibility index (Phi) is 9.77. The van der Waals surface area contributed by atoms with E-state index in [1.807, 2.05) is 24.3 Å². The van der Waals surface area contributed by atoms with Crippen molar-refractivity contribution in [2.75, 3.05) is 33.0 Å². The molecule has 7 nitrogen and oxygen atoms in total. The number of halogens is 2. The largest absolute Gasteiger partial charge is 0.497 e. The third-order valence-electron chi connectivity index (χ3n) is 8.87. The van der Waals surface area contributed by atoms with Crippen molar-refractivity contribution in [1.29, 1.82) is 0 Å². The van der Waals surface area contributed by atoms with Gasteiger partial charge in [0.15, 0.2) is 12.6 Å². The van der Waals surface area contributed by atoms with Crippen molar-refractivity contribution in [1.82, 2.24) is 15.1 Å². The Hall–Kier alpha value is -2.94. The number of anilines is 1. The molecule has 3 atom stereocenters. The van der Waals surface area contributed by atoms with Crippen LogP contribution in [0.3, 0.4) is 0 Å². The lowest BCUT2D eigenvalue weighted by atomic mass is 9.72. The molecule has 222 valence electrons. The lowest BCUT2D eigenvalue weighted by Gasteiger charge is -2.59. The minimum atomic E-state index is -0.548. The molecule has 1 unspecified atom stereocenters. The van der Waals surface area contributed by atoms with Crippen molar-refractivity contribution in [3.05, 3.63) is 64.9 Å². The van der Waals surface area contributed by atoms with Crippen LogP contribution in [0.25, 0.3) is 11.3 Å². The number of ether oxygens (including phenoxy) is 3. The first-order valence-corrected chi connectivity index (χ1v) is 14.5. The standard InChI is InChI=1S/C32H42ClFN4O3/c1-8-31(3)18-23(19-32(4,9-2)38(31)20-22-10-12-24(40-7)13-11-22)37(5)30-15-14-28(35-36-30)25-16-27(34)26(33)17-29(25)41-21-39-6/h10-17,23H,8-9,18-21H2,1-7H3/t23?,31-,32+. The summed E-state index contributed by atoms with van der Waals surface area (Å²) in [5.74, 6) is 1.48. The number of aromatic nitrogens is 2. The van der Waals surface area contributed by atoms with Gasteiger partial charge in [0.2, 0.25) is 0 Å². The fraction of sp³-hybridized carbons (Fsp3) is 0.500. The zero-order chi connectivity index (χ0) is 29.8. The van der Waals surface area contributed by atoms with Crippen LogP contribution in [0.15, 0.2) is 48.5 Å². The summed E-state index contributed by atoms with van der Waals surface area (Å²) in [4.78, 5) is 4.95. The van der Waals surface area contributed by atoms with Crippen LogP contribution in [0.1, 0.15) is 58.9 Å². The molecule has 1 aromatic heterocycles. The molecule has 0 aliphatic carbocycles. The van der Waals surface area contributed by atoms with E-state index >= 15 is 0 Å². The van der Waals surface area contributed by atoms with E-state index in [2.05, 4.69) is 66.9 Å². The van der Waals surface area contributed by atoms with E-state index in [9.17, 15) is 4.39 Å². The number of rotatable bonds is 11.